The van der Waals surface area contributed by atoms with Crippen LogP contribution in [0, 0.1) is 0 Å². The van der Waals surface area contributed by atoms with Crippen molar-refractivity contribution in [3.63, 3.8) is 0 Å². The lowest BCUT2D eigenvalue weighted by Crippen LogP contribution is -2.06. The normalized spacial score (nSPS) is 11.9. The maximum atomic E-state index is 13.0. The highest BCUT2D eigenvalue weighted by molar-refractivity contribution is 5.96. The van der Waals surface area contributed by atoms with Crippen LogP contribution in [0.3, 0.4) is 0 Å². The molecule has 4 heteroatoms. The molecule has 96 valence electrons. The summed E-state index contributed by atoms with van der Waals surface area (Å²) in [6.07, 6.45) is -2.73. The van der Waals surface area contributed by atoms with Crippen LogP contribution < -0.4 is 0 Å². The minimum Gasteiger partial charge on any atom is -0.361 e. The van der Waals surface area contributed by atoms with Crippen molar-refractivity contribution in [1.82, 2.24) is 4.98 Å². The van der Waals surface area contributed by atoms with Gasteiger partial charge in [-0.1, -0.05) is 36.4 Å². The van der Waals surface area contributed by atoms with Gasteiger partial charge >= 0.3 is 6.18 Å². The van der Waals surface area contributed by atoms with Crippen molar-refractivity contribution in [3.05, 3.63) is 60.3 Å². The molecule has 0 aliphatic rings. The number of benzene rings is 2. The van der Waals surface area contributed by atoms with E-state index in [9.17, 15) is 13.2 Å². The van der Waals surface area contributed by atoms with Gasteiger partial charge in [-0.15, -0.1) is 0 Å². The lowest BCUT2D eigenvalue weighted by molar-refractivity contribution is -0.137. The van der Waals surface area contributed by atoms with E-state index in [1.54, 1.807) is 12.3 Å². The highest BCUT2D eigenvalue weighted by Crippen LogP contribution is 2.39. The molecule has 0 aliphatic heterocycles. The molecule has 0 amide bonds. The Kier molecular flexibility index (Phi) is 2.59. The summed E-state index contributed by atoms with van der Waals surface area (Å²) in [4.78, 5) is 3.00. The molecule has 0 atom stereocenters. The second-order valence-electron chi connectivity index (χ2n) is 4.29. The van der Waals surface area contributed by atoms with Crippen LogP contribution in [0.15, 0.2) is 54.7 Å². The van der Waals surface area contributed by atoms with E-state index in [1.165, 1.54) is 12.1 Å². The minimum atomic E-state index is -4.35. The van der Waals surface area contributed by atoms with Crippen molar-refractivity contribution in [2.24, 2.45) is 0 Å². The minimum absolute atomic E-state index is 0.201. The van der Waals surface area contributed by atoms with Crippen LogP contribution in [0.5, 0.6) is 0 Å². The Labute approximate surface area is 107 Å². The monoisotopic (exact) mass is 261 g/mol. The smallest absolute Gasteiger partial charge is 0.361 e. The second kappa shape index (κ2) is 4.16. The Balaban J connectivity index is 2.28. The molecule has 0 saturated heterocycles. The van der Waals surface area contributed by atoms with Gasteiger partial charge in [-0.2, -0.15) is 13.2 Å². The maximum absolute atomic E-state index is 13.0. The molecular weight excluding hydrogens is 251 g/mol. The SMILES string of the molecule is FC(F)(F)c1ccccc1-c1c[nH]c2ccccc12. The average molecular weight is 261 g/mol. The second-order valence-corrected chi connectivity index (χ2v) is 4.29. The summed E-state index contributed by atoms with van der Waals surface area (Å²) in [5, 5.41) is 0.791. The van der Waals surface area contributed by atoms with E-state index in [2.05, 4.69) is 4.98 Å². The van der Waals surface area contributed by atoms with Crippen molar-refractivity contribution < 1.29 is 13.2 Å². The molecule has 0 bridgehead atoms. The van der Waals surface area contributed by atoms with Crippen molar-refractivity contribution in [1.29, 1.82) is 0 Å². The van der Waals surface area contributed by atoms with Crippen molar-refractivity contribution >= 4 is 10.9 Å². The van der Waals surface area contributed by atoms with E-state index in [0.717, 1.165) is 17.0 Å². The number of H-pyrrole nitrogens is 1. The number of fused-ring (bicyclic) bond motifs is 1. The highest BCUT2D eigenvalue weighted by atomic mass is 19.4. The zero-order chi connectivity index (χ0) is 13.5. The topological polar surface area (TPSA) is 15.8 Å². The van der Waals surface area contributed by atoms with Gasteiger partial charge in [0.05, 0.1) is 5.56 Å². The van der Waals surface area contributed by atoms with Crippen molar-refractivity contribution in [2.75, 3.05) is 0 Å². The standard InChI is InChI=1S/C15H10F3N/c16-15(17,18)13-7-3-1-5-10(13)12-9-19-14-8-4-2-6-11(12)14/h1-9,19H. The molecule has 0 spiro atoms. The number of para-hydroxylation sites is 1. The van der Waals surface area contributed by atoms with Gasteiger partial charge in [-0.05, 0) is 17.7 Å². The van der Waals surface area contributed by atoms with Crippen LogP contribution in [0.4, 0.5) is 13.2 Å². The fourth-order valence-corrected chi connectivity index (χ4v) is 2.26. The summed E-state index contributed by atoms with van der Waals surface area (Å²) in [7, 11) is 0. The fraction of sp³-hybridized carbons (Fsp3) is 0.0667. The number of aromatic amines is 1. The molecule has 0 radical (unpaired) electrons. The number of hydrogen-bond acceptors (Lipinski definition) is 0. The summed E-state index contributed by atoms with van der Waals surface area (Å²) in [5.74, 6) is 0. The number of halogens is 3. The van der Waals surface area contributed by atoms with E-state index in [-0.39, 0.29) is 5.56 Å². The summed E-state index contributed by atoms with van der Waals surface area (Å²) in [6, 6.07) is 12.9. The molecule has 0 aliphatic carbocycles. The Morgan fingerprint density at radius 3 is 2.26 bits per heavy atom. The zero-order valence-corrected chi connectivity index (χ0v) is 9.83. The molecule has 0 fully saturated rings. The van der Waals surface area contributed by atoms with Crippen LogP contribution in [-0.4, -0.2) is 4.98 Å². The first kappa shape index (κ1) is 11.8. The molecule has 1 aromatic heterocycles. The van der Waals surface area contributed by atoms with E-state index < -0.39 is 11.7 Å². The van der Waals surface area contributed by atoms with Gasteiger partial charge in [0, 0.05) is 22.7 Å². The van der Waals surface area contributed by atoms with Gasteiger partial charge in [0.15, 0.2) is 0 Å². The fourth-order valence-electron chi connectivity index (χ4n) is 2.26. The largest absolute Gasteiger partial charge is 0.417 e. The van der Waals surface area contributed by atoms with Gasteiger partial charge in [0.25, 0.3) is 0 Å². The van der Waals surface area contributed by atoms with Gasteiger partial charge < -0.3 is 4.98 Å². The molecule has 3 rings (SSSR count). The number of nitrogens with one attached hydrogen (secondary N) is 1. The molecule has 0 saturated carbocycles. The third kappa shape index (κ3) is 1.99. The summed E-state index contributed by atoms with van der Waals surface area (Å²) in [6.45, 7) is 0. The lowest BCUT2D eigenvalue weighted by atomic mass is 9.99. The first-order valence-electron chi connectivity index (χ1n) is 5.80. The predicted octanol–water partition coefficient (Wildman–Crippen LogP) is 4.85. The molecule has 19 heavy (non-hydrogen) atoms. The predicted molar refractivity (Wildman–Crippen MR) is 68.7 cm³/mol. The van der Waals surface area contributed by atoms with Gasteiger partial charge in [-0.25, -0.2) is 0 Å². The van der Waals surface area contributed by atoms with E-state index in [1.807, 2.05) is 24.3 Å². The summed E-state index contributed by atoms with van der Waals surface area (Å²) >= 11 is 0. The van der Waals surface area contributed by atoms with E-state index in [4.69, 9.17) is 0 Å². The molecular formula is C15H10F3N. The summed E-state index contributed by atoms with van der Waals surface area (Å²) < 4.78 is 39.1. The van der Waals surface area contributed by atoms with Gasteiger partial charge in [0.2, 0.25) is 0 Å². The Morgan fingerprint density at radius 2 is 1.47 bits per heavy atom. The number of aromatic nitrogens is 1. The maximum Gasteiger partial charge on any atom is 0.417 e. The first-order valence-corrected chi connectivity index (χ1v) is 5.80. The molecule has 3 aromatic rings. The third-order valence-electron chi connectivity index (χ3n) is 3.11. The molecule has 2 aromatic carbocycles. The molecule has 1 N–H and O–H groups in total. The van der Waals surface area contributed by atoms with Crippen molar-refractivity contribution in [3.8, 4) is 11.1 Å². The zero-order valence-electron chi connectivity index (χ0n) is 9.83. The number of rotatable bonds is 1. The molecule has 1 heterocycles. The van der Waals surface area contributed by atoms with Crippen LogP contribution in [-0.2, 0) is 6.18 Å². The summed E-state index contributed by atoms with van der Waals surface area (Å²) in [5.41, 5.74) is 0.991. The lowest BCUT2D eigenvalue weighted by Gasteiger charge is -2.11. The Morgan fingerprint density at radius 1 is 0.789 bits per heavy atom. The highest BCUT2D eigenvalue weighted by Gasteiger charge is 2.33. The van der Waals surface area contributed by atoms with Gasteiger partial charge in [-0.3, -0.25) is 0 Å². The third-order valence-corrected chi connectivity index (χ3v) is 3.11. The first-order chi connectivity index (χ1) is 9.07. The van der Waals surface area contributed by atoms with Gasteiger partial charge in [0.1, 0.15) is 0 Å². The number of hydrogen-bond donors (Lipinski definition) is 1. The van der Waals surface area contributed by atoms with Crippen LogP contribution in [0.1, 0.15) is 5.56 Å². The molecule has 1 nitrogen and oxygen atoms in total. The van der Waals surface area contributed by atoms with Crippen LogP contribution in [0.2, 0.25) is 0 Å². The number of alkyl halides is 3. The van der Waals surface area contributed by atoms with Crippen molar-refractivity contribution in [2.45, 2.75) is 6.18 Å². The van der Waals surface area contributed by atoms with E-state index >= 15 is 0 Å². The quantitative estimate of drug-likeness (QED) is 0.644. The van der Waals surface area contributed by atoms with Crippen LogP contribution >= 0.6 is 0 Å². The Hall–Kier alpha value is -2.23. The van der Waals surface area contributed by atoms with Crippen LogP contribution in [0.25, 0.3) is 22.0 Å². The van der Waals surface area contributed by atoms with E-state index in [0.29, 0.717) is 5.56 Å². The molecule has 0 unspecified atom stereocenters. The Bertz CT molecular complexity index is 725. The average Bonchev–Trinajstić information content (AvgIpc) is 2.81.